The van der Waals surface area contributed by atoms with Gasteiger partial charge >= 0.3 is 23.9 Å². The van der Waals surface area contributed by atoms with Crippen molar-refractivity contribution in [3.8, 4) is 0 Å². The van der Waals surface area contributed by atoms with Crippen LogP contribution in [0.15, 0.2) is 76.8 Å². The van der Waals surface area contributed by atoms with Crippen LogP contribution in [0.2, 0.25) is 0 Å². The summed E-state index contributed by atoms with van der Waals surface area (Å²) in [6.07, 6.45) is -7.67. The normalized spacial score (nSPS) is 36.8. The molecule has 57 heavy (non-hydrogen) atoms. The van der Waals surface area contributed by atoms with E-state index in [-0.39, 0.29) is 30.6 Å². The highest BCUT2D eigenvalue weighted by Gasteiger charge is 2.78. The molecule has 14 heteroatoms. The molecule has 2 aromatic carbocycles. The quantitative estimate of drug-likeness (QED) is 0.235. The number of aliphatic imine (C=N–C) groups is 1. The van der Waals surface area contributed by atoms with Gasteiger partial charge in [0.1, 0.15) is 29.5 Å². The van der Waals surface area contributed by atoms with Crippen LogP contribution >= 0.6 is 0 Å². The van der Waals surface area contributed by atoms with Gasteiger partial charge in [-0.05, 0) is 62.1 Å². The molecule has 8 rings (SSSR count). The van der Waals surface area contributed by atoms with Crippen molar-refractivity contribution in [2.24, 2.45) is 21.7 Å². The first-order chi connectivity index (χ1) is 26.9. The molecule has 2 bridgehead atoms. The summed E-state index contributed by atoms with van der Waals surface area (Å²) in [5.41, 5.74) is -7.07. The Morgan fingerprint density at radius 3 is 2.12 bits per heavy atom. The van der Waals surface area contributed by atoms with Crippen molar-refractivity contribution in [1.82, 2.24) is 0 Å². The number of aliphatic hydroxyl groups is 2. The Labute approximate surface area is 329 Å². The minimum absolute atomic E-state index is 0.116. The topological polar surface area (TPSA) is 194 Å². The molecule has 2 N–H and O–H groups in total. The molecule has 302 valence electrons. The number of ketones is 1. The SMILES string of the molecule is CC(=O)O[C@H]1C(=O)[C@@]2(C)[C@H]([C@H](OC(=O)c3ccccc3)[C@]3(O)C[C@H](OC(=O)[C@H]4OC(c5ccccc5)=NC45CC5)C(C)=C1C3(C)C)[C@]1(OC(C)=O)CO[C@@H]1C[C@@H]2O. The van der Waals surface area contributed by atoms with Crippen molar-refractivity contribution < 1.29 is 62.6 Å². The summed E-state index contributed by atoms with van der Waals surface area (Å²) in [6.45, 7) is 8.41. The largest absolute Gasteiger partial charge is 0.459 e. The number of benzene rings is 2. The van der Waals surface area contributed by atoms with Crippen molar-refractivity contribution in [1.29, 1.82) is 0 Å². The first-order valence-corrected chi connectivity index (χ1v) is 19.3. The maximum absolute atomic E-state index is 15.4. The zero-order chi connectivity index (χ0) is 40.9. The number of fused-ring (bicyclic) bond motifs is 5. The number of nitrogens with zero attached hydrogens (tertiary/aromatic N) is 1. The highest BCUT2D eigenvalue weighted by molar-refractivity contribution is 5.99. The first kappa shape index (κ1) is 38.9. The third-order valence-corrected chi connectivity index (χ3v) is 13.5. The van der Waals surface area contributed by atoms with Crippen molar-refractivity contribution >= 4 is 35.6 Å². The van der Waals surface area contributed by atoms with Gasteiger partial charge in [0.2, 0.25) is 12.0 Å². The van der Waals surface area contributed by atoms with Crippen LogP contribution < -0.4 is 0 Å². The lowest BCUT2D eigenvalue weighted by Crippen LogP contribution is -2.82. The minimum Gasteiger partial charge on any atom is -0.459 e. The Bertz CT molecular complexity index is 2090. The summed E-state index contributed by atoms with van der Waals surface area (Å²) >= 11 is 0. The van der Waals surface area contributed by atoms with E-state index in [0.29, 0.717) is 29.9 Å². The van der Waals surface area contributed by atoms with E-state index in [0.717, 1.165) is 6.92 Å². The lowest BCUT2D eigenvalue weighted by atomic mass is 9.44. The first-order valence-electron chi connectivity index (χ1n) is 19.3. The molecule has 0 amide bonds. The smallest absolute Gasteiger partial charge is 0.350 e. The van der Waals surface area contributed by atoms with Gasteiger partial charge < -0.3 is 38.6 Å². The number of aliphatic hydroxyl groups excluding tert-OH is 1. The van der Waals surface area contributed by atoms with Gasteiger partial charge in [0.25, 0.3) is 0 Å². The Balaban J connectivity index is 1.29. The van der Waals surface area contributed by atoms with Gasteiger partial charge in [0, 0.05) is 37.7 Å². The van der Waals surface area contributed by atoms with Gasteiger partial charge in [-0.2, -0.15) is 0 Å². The van der Waals surface area contributed by atoms with E-state index in [1.54, 1.807) is 39.0 Å². The molecule has 2 heterocycles. The van der Waals surface area contributed by atoms with Gasteiger partial charge in [-0.25, -0.2) is 14.6 Å². The predicted octanol–water partition coefficient (Wildman–Crippen LogP) is 3.58. The van der Waals surface area contributed by atoms with Gasteiger partial charge in [-0.15, -0.1) is 0 Å². The summed E-state index contributed by atoms with van der Waals surface area (Å²) in [7, 11) is 0. The van der Waals surface area contributed by atoms with E-state index < -0.39 is 99.8 Å². The predicted molar refractivity (Wildman–Crippen MR) is 198 cm³/mol. The summed E-state index contributed by atoms with van der Waals surface area (Å²) in [4.78, 5) is 74.6. The van der Waals surface area contributed by atoms with Crippen molar-refractivity contribution in [2.45, 2.75) is 121 Å². The Morgan fingerprint density at radius 1 is 0.895 bits per heavy atom. The molecule has 2 aliphatic heterocycles. The van der Waals surface area contributed by atoms with Crippen molar-refractivity contribution in [3.63, 3.8) is 0 Å². The fraction of sp³-hybridized carbons (Fsp3) is 0.535. The van der Waals surface area contributed by atoms with Crippen LogP contribution in [-0.4, -0.2) is 106 Å². The van der Waals surface area contributed by atoms with Crippen LogP contribution in [0.4, 0.5) is 0 Å². The fourth-order valence-corrected chi connectivity index (χ4v) is 10.2. The van der Waals surface area contributed by atoms with Gasteiger partial charge in [-0.3, -0.25) is 14.4 Å². The third kappa shape index (κ3) is 5.77. The molecule has 0 radical (unpaired) electrons. The third-order valence-electron chi connectivity index (χ3n) is 13.5. The maximum Gasteiger partial charge on any atom is 0.350 e. The van der Waals surface area contributed by atoms with E-state index in [9.17, 15) is 29.4 Å². The molecule has 6 aliphatic rings. The summed E-state index contributed by atoms with van der Waals surface area (Å²) < 4.78 is 36.7. The Morgan fingerprint density at radius 2 is 1.54 bits per heavy atom. The average molecular weight is 786 g/mol. The molecule has 3 saturated carbocycles. The monoisotopic (exact) mass is 785 g/mol. The van der Waals surface area contributed by atoms with Crippen LogP contribution in [0.1, 0.15) is 83.1 Å². The molecule has 1 saturated heterocycles. The van der Waals surface area contributed by atoms with Gasteiger partial charge in [0.05, 0.1) is 29.6 Å². The molecule has 4 fully saturated rings. The maximum atomic E-state index is 15.4. The lowest BCUT2D eigenvalue weighted by molar-refractivity contribution is -0.346. The molecule has 4 aliphatic carbocycles. The standard InChI is InChI=1S/C43H47NO13/c1-22-27(54-38(50)35-41(17-18-41)44-36(55-35)25-13-9-7-10-14-25)20-43(51)34(56-37(49)26-15-11-8-12-16-26)32-40(6,28(47)19-29-42(32,21-52-29)57-24(3)46)33(48)31(53-23(2)45)30(22)39(43,4)5/h7-16,27-29,31-32,34-35,47,51H,17-21H2,1-6H3/t27-,28-,29+,31+,32-,34-,35+,40+,42-,43+/m0/s1. The van der Waals surface area contributed by atoms with Crippen molar-refractivity contribution in [2.75, 3.05) is 6.61 Å². The highest BCUT2D eigenvalue weighted by atomic mass is 16.6. The van der Waals surface area contributed by atoms with Crippen LogP contribution in [-0.2, 0) is 47.6 Å². The number of rotatable bonds is 7. The molecule has 1 spiro atoms. The second-order valence-corrected chi connectivity index (χ2v) is 17.1. The van der Waals surface area contributed by atoms with Crippen molar-refractivity contribution in [3.05, 3.63) is 82.9 Å². The number of carbonyl (C=O) groups is 5. The molecule has 0 aromatic heterocycles. The molecule has 2 aromatic rings. The second-order valence-electron chi connectivity index (χ2n) is 17.1. The van der Waals surface area contributed by atoms with E-state index in [1.807, 2.05) is 30.3 Å². The molecule has 10 atom stereocenters. The summed E-state index contributed by atoms with van der Waals surface area (Å²) in [6, 6.07) is 17.2. The molecular formula is C43H47NO13. The Hall–Kier alpha value is -4.92. The average Bonchev–Trinajstić information content (AvgIpc) is 3.83. The van der Waals surface area contributed by atoms with Crippen LogP contribution in [0, 0.1) is 16.7 Å². The number of esters is 4. The van der Waals surface area contributed by atoms with Crippen LogP contribution in [0.5, 0.6) is 0 Å². The zero-order valence-corrected chi connectivity index (χ0v) is 32.7. The van der Waals surface area contributed by atoms with E-state index in [4.69, 9.17) is 33.4 Å². The zero-order valence-electron chi connectivity index (χ0n) is 32.7. The molecular weight excluding hydrogens is 738 g/mol. The van der Waals surface area contributed by atoms with E-state index in [1.165, 1.54) is 26.0 Å². The fourth-order valence-electron chi connectivity index (χ4n) is 10.2. The van der Waals surface area contributed by atoms with Crippen LogP contribution in [0.3, 0.4) is 0 Å². The summed E-state index contributed by atoms with van der Waals surface area (Å²) in [5.74, 6) is -5.14. The highest BCUT2D eigenvalue weighted by Crippen LogP contribution is 2.64. The number of hydrogen-bond acceptors (Lipinski definition) is 14. The minimum atomic E-state index is -2.26. The number of ether oxygens (including phenoxy) is 6. The number of carbonyl (C=O) groups excluding carboxylic acids is 5. The molecule has 14 nitrogen and oxygen atoms in total. The van der Waals surface area contributed by atoms with E-state index >= 15 is 4.79 Å². The Kier molecular flexibility index (Phi) is 9.10. The summed E-state index contributed by atoms with van der Waals surface area (Å²) in [5, 5.41) is 25.7. The van der Waals surface area contributed by atoms with Gasteiger partial charge in [-0.1, -0.05) is 50.2 Å². The number of Topliss-reactive ketones (excluding diaryl/α,β-unsaturated/α-hetero) is 1. The van der Waals surface area contributed by atoms with E-state index in [2.05, 4.69) is 0 Å². The van der Waals surface area contributed by atoms with Gasteiger partial charge in [0.15, 0.2) is 17.5 Å². The molecule has 0 unspecified atom stereocenters. The second kappa shape index (κ2) is 13.3. The lowest BCUT2D eigenvalue weighted by Gasteiger charge is -2.67. The number of hydrogen-bond donors (Lipinski definition) is 2. The van der Waals surface area contributed by atoms with Crippen LogP contribution in [0.25, 0.3) is 0 Å².